The summed E-state index contributed by atoms with van der Waals surface area (Å²) in [5, 5.41) is 4.59. The fraction of sp³-hybridized carbons (Fsp3) is 0.200. The van der Waals surface area contributed by atoms with Gasteiger partial charge in [-0.05, 0) is 31.3 Å². The van der Waals surface area contributed by atoms with Crippen molar-refractivity contribution in [2.75, 3.05) is 27.3 Å². The van der Waals surface area contributed by atoms with Crippen LogP contribution in [0.15, 0.2) is 79.1 Å². The van der Waals surface area contributed by atoms with Crippen molar-refractivity contribution in [1.29, 1.82) is 0 Å². The molecule has 158 valence electrons. The van der Waals surface area contributed by atoms with Gasteiger partial charge in [-0.2, -0.15) is 5.10 Å². The lowest BCUT2D eigenvalue weighted by molar-refractivity contribution is 0.158. The molecule has 5 nitrogen and oxygen atoms in total. The Balaban J connectivity index is 1.73. The molecule has 0 aliphatic rings. The first-order chi connectivity index (χ1) is 15.2. The van der Waals surface area contributed by atoms with Gasteiger partial charge in [-0.1, -0.05) is 42.5 Å². The van der Waals surface area contributed by atoms with Crippen molar-refractivity contribution in [3.63, 3.8) is 0 Å². The van der Waals surface area contributed by atoms with Gasteiger partial charge >= 0.3 is 0 Å². The van der Waals surface area contributed by atoms with Crippen LogP contribution in [0.25, 0.3) is 28.2 Å². The van der Waals surface area contributed by atoms with Gasteiger partial charge in [0.2, 0.25) is 0 Å². The van der Waals surface area contributed by atoms with Gasteiger partial charge < -0.3 is 4.74 Å². The maximum absolute atomic E-state index is 14.8. The van der Waals surface area contributed by atoms with Crippen LogP contribution < -0.4 is 0 Å². The molecule has 0 saturated carbocycles. The lowest BCUT2D eigenvalue weighted by Gasteiger charge is -2.17. The largest absolute Gasteiger partial charge is 0.383 e. The normalized spacial score (nSPS) is 11.2. The number of rotatable bonds is 8. The number of likely N-dealkylation sites (N-methyl/N-ethyl adjacent to an activating group) is 1. The summed E-state index contributed by atoms with van der Waals surface area (Å²) < 4.78 is 21.7. The van der Waals surface area contributed by atoms with Gasteiger partial charge in [0.1, 0.15) is 5.82 Å². The average Bonchev–Trinajstić information content (AvgIpc) is 3.22. The Kier molecular flexibility index (Phi) is 6.50. The minimum atomic E-state index is -0.279. The SMILES string of the molecule is COCCN(C)Cc1cnn(-c2ccc(-c3ccccc3)nc2)c1-c1ccccc1F. The highest BCUT2D eigenvalue weighted by atomic mass is 19.1. The summed E-state index contributed by atoms with van der Waals surface area (Å²) in [4.78, 5) is 6.74. The van der Waals surface area contributed by atoms with Crippen LogP contribution in [-0.4, -0.2) is 47.0 Å². The van der Waals surface area contributed by atoms with Crippen LogP contribution >= 0.6 is 0 Å². The Morgan fingerprint density at radius 1 is 0.968 bits per heavy atom. The number of methoxy groups -OCH3 is 1. The van der Waals surface area contributed by atoms with Crippen LogP contribution in [0.4, 0.5) is 4.39 Å². The Morgan fingerprint density at radius 3 is 2.45 bits per heavy atom. The van der Waals surface area contributed by atoms with Crippen molar-refractivity contribution >= 4 is 0 Å². The van der Waals surface area contributed by atoms with Crippen molar-refractivity contribution in [1.82, 2.24) is 19.7 Å². The van der Waals surface area contributed by atoms with E-state index >= 15 is 0 Å². The third-order valence-corrected chi connectivity index (χ3v) is 5.15. The van der Waals surface area contributed by atoms with Gasteiger partial charge in [0.05, 0.1) is 36.1 Å². The van der Waals surface area contributed by atoms with E-state index in [4.69, 9.17) is 4.74 Å². The summed E-state index contributed by atoms with van der Waals surface area (Å²) in [6, 6.07) is 20.7. The molecule has 2 aromatic heterocycles. The van der Waals surface area contributed by atoms with Gasteiger partial charge in [-0.25, -0.2) is 9.07 Å². The van der Waals surface area contributed by atoms with Crippen LogP contribution in [0.2, 0.25) is 0 Å². The highest BCUT2D eigenvalue weighted by Gasteiger charge is 2.19. The molecule has 0 atom stereocenters. The van der Waals surface area contributed by atoms with E-state index in [-0.39, 0.29) is 5.82 Å². The summed E-state index contributed by atoms with van der Waals surface area (Å²) in [6.45, 7) is 2.03. The molecule has 0 amide bonds. The van der Waals surface area contributed by atoms with E-state index < -0.39 is 0 Å². The van der Waals surface area contributed by atoms with E-state index in [2.05, 4.69) is 15.0 Å². The Hall–Kier alpha value is -3.35. The number of aromatic nitrogens is 3. The van der Waals surface area contributed by atoms with E-state index in [0.717, 1.165) is 34.7 Å². The lowest BCUT2D eigenvalue weighted by atomic mass is 10.1. The van der Waals surface area contributed by atoms with Gasteiger partial charge in [0.15, 0.2) is 0 Å². The maximum atomic E-state index is 14.8. The molecule has 0 unspecified atom stereocenters. The second kappa shape index (κ2) is 9.64. The molecule has 0 saturated heterocycles. The summed E-state index contributed by atoms with van der Waals surface area (Å²) in [7, 11) is 3.69. The Labute approximate surface area is 181 Å². The topological polar surface area (TPSA) is 43.2 Å². The molecule has 0 fully saturated rings. The van der Waals surface area contributed by atoms with Crippen molar-refractivity contribution in [2.24, 2.45) is 0 Å². The van der Waals surface area contributed by atoms with E-state index in [0.29, 0.717) is 18.7 Å². The van der Waals surface area contributed by atoms with Crippen LogP contribution in [0.3, 0.4) is 0 Å². The second-order valence-corrected chi connectivity index (χ2v) is 7.41. The zero-order chi connectivity index (χ0) is 21.6. The molecule has 0 spiro atoms. The number of pyridine rings is 1. The fourth-order valence-corrected chi connectivity index (χ4v) is 3.54. The molecule has 0 aliphatic heterocycles. The van der Waals surface area contributed by atoms with Gasteiger partial charge in [-0.3, -0.25) is 9.88 Å². The zero-order valence-electron chi connectivity index (χ0n) is 17.7. The smallest absolute Gasteiger partial charge is 0.132 e. The number of ether oxygens (including phenoxy) is 1. The predicted octanol–water partition coefficient (Wildman–Crippen LogP) is 4.82. The third-order valence-electron chi connectivity index (χ3n) is 5.15. The molecular formula is C25H25FN4O. The molecule has 2 heterocycles. The van der Waals surface area contributed by atoms with E-state index in [9.17, 15) is 4.39 Å². The highest BCUT2D eigenvalue weighted by Crippen LogP contribution is 2.30. The van der Waals surface area contributed by atoms with E-state index in [1.807, 2.05) is 55.6 Å². The minimum absolute atomic E-state index is 0.279. The highest BCUT2D eigenvalue weighted by molar-refractivity contribution is 5.67. The molecule has 6 heteroatoms. The second-order valence-electron chi connectivity index (χ2n) is 7.41. The van der Waals surface area contributed by atoms with Crippen molar-refractivity contribution in [2.45, 2.75) is 6.54 Å². The first kappa shape index (κ1) is 20.9. The number of hydrogen-bond acceptors (Lipinski definition) is 4. The minimum Gasteiger partial charge on any atom is -0.383 e. The van der Waals surface area contributed by atoms with E-state index in [1.54, 1.807) is 36.3 Å². The van der Waals surface area contributed by atoms with Gasteiger partial charge in [0, 0.05) is 36.9 Å². The zero-order valence-corrected chi connectivity index (χ0v) is 17.7. The average molecular weight is 417 g/mol. The van der Waals surface area contributed by atoms with Crippen LogP contribution in [-0.2, 0) is 11.3 Å². The molecule has 0 radical (unpaired) electrons. The summed E-state index contributed by atoms with van der Waals surface area (Å²) in [5.74, 6) is -0.279. The first-order valence-electron chi connectivity index (χ1n) is 10.2. The lowest BCUT2D eigenvalue weighted by Crippen LogP contribution is -2.22. The summed E-state index contributed by atoms with van der Waals surface area (Å²) in [5.41, 5.74) is 4.89. The maximum Gasteiger partial charge on any atom is 0.132 e. The number of benzene rings is 2. The fourth-order valence-electron chi connectivity index (χ4n) is 3.54. The molecular weight excluding hydrogens is 391 g/mol. The monoisotopic (exact) mass is 416 g/mol. The summed E-state index contributed by atoms with van der Waals surface area (Å²) >= 11 is 0. The van der Waals surface area contributed by atoms with Crippen LogP contribution in [0, 0.1) is 5.82 Å². The van der Waals surface area contributed by atoms with Crippen molar-refractivity contribution in [3.8, 4) is 28.2 Å². The molecule has 0 bridgehead atoms. The van der Waals surface area contributed by atoms with Gasteiger partial charge in [0.25, 0.3) is 0 Å². The van der Waals surface area contributed by atoms with Crippen molar-refractivity contribution < 1.29 is 9.13 Å². The van der Waals surface area contributed by atoms with Crippen LogP contribution in [0.5, 0.6) is 0 Å². The molecule has 0 N–H and O–H groups in total. The Bertz CT molecular complexity index is 1130. The summed E-state index contributed by atoms with van der Waals surface area (Å²) in [6.07, 6.45) is 3.58. The molecule has 4 aromatic rings. The standard InChI is InChI=1S/C25H25FN4O/c1-29(14-15-31-2)18-20-16-28-30(25(20)22-10-6-7-11-23(22)26)21-12-13-24(27-17-21)19-8-4-3-5-9-19/h3-13,16-17H,14-15,18H2,1-2H3. The number of halogens is 1. The molecule has 4 rings (SSSR count). The number of nitrogens with zero attached hydrogens (tertiary/aromatic N) is 4. The molecule has 2 aromatic carbocycles. The molecule has 31 heavy (non-hydrogen) atoms. The van der Waals surface area contributed by atoms with Crippen molar-refractivity contribution in [3.05, 3.63) is 90.5 Å². The number of hydrogen-bond donors (Lipinski definition) is 0. The molecule has 0 aliphatic carbocycles. The van der Waals surface area contributed by atoms with Gasteiger partial charge in [-0.15, -0.1) is 0 Å². The van der Waals surface area contributed by atoms with Crippen LogP contribution in [0.1, 0.15) is 5.56 Å². The van der Waals surface area contributed by atoms with E-state index in [1.165, 1.54) is 6.07 Å². The predicted molar refractivity (Wildman–Crippen MR) is 120 cm³/mol. The first-order valence-corrected chi connectivity index (χ1v) is 10.2. The third kappa shape index (κ3) is 4.71. The Morgan fingerprint density at radius 2 is 1.74 bits per heavy atom. The quantitative estimate of drug-likeness (QED) is 0.413.